The molecule has 5 rings (SSSR count). The molecular weight excluding hydrogens is 474 g/mol. The minimum absolute atomic E-state index is 0.0330. The van der Waals surface area contributed by atoms with Gasteiger partial charge in [0.1, 0.15) is 0 Å². The van der Waals surface area contributed by atoms with Crippen molar-refractivity contribution in [3.63, 3.8) is 0 Å². The molecular formula is C28H34ClN5S. The highest BCUT2D eigenvalue weighted by atomic mass is 35.5. The maximum atomic E-state index is 6.93. The fraction of sp³-hybridized carbons (Fsp3) is 0.429. The SMILES string of the molecule is CC1CC(C)CN(c2ccc(N3C(=S)NC(c4ccccn4)C3c3ccn(C(C)C)c3)cc2Cl)C1. The standard InChI is InChI=1S/C28H34ClN5S/c1-18(2)32-12-10-21(17-32)27-26(24-7-5-6-11-30-24)31-28(35)34(27)22-8-9-25(23(29)14-22)33-15-19(3)13-20(4)16-33/h5-12,14,17-20,26-27H,13,15-16H2,1-4H3,(H,31,35). The van der Waals surface area contributed by atoms with Crippen molar-refractivity contribution < 1.29 is 0 Å². The third-order valence-electron chi connectivity index (χ3n) is 7.19. The van der Waals surface area contributed by atoms with Gasteiger partial charge in [-0.15, -0.1) is 0 Å². The van der Waals surface area contributed by atoms with E-state index in [9.17, 15) is 0 Å². The van der Waals surface area contributed by atoms with Crippen molar-refractivity contribution in [2.24, 2.45) is 11.8 Å². The van der Waals surface area contributed by atoms with Gasteiger partial charge >= 0.3 is 0 Å². The van der Waals surface area contributed by atoms with Gasteiger partial charge in [-0.05, 0) is 86.3 Å². The van der Waals surface area contributed by atoms with E-state index in [4.69, 9.17) is 23.8 Å². The van der Waals surface area contributed by atoms with Crippen molar-refractivity contribution in [2.75, 3.05) is 22.9 Å². The summed E-state index contributed by atoms with van der Waals surface area (Å²) in [6, 6.07) is 14.9. The van der Waals surface area contributed by atoms with Gasteiger partial charge in [0.15, 0.2) is 5.11 Å². The van der Waals surface area contributed by atoms with E-state index in [2.05, 4.69) is 95.1 Å². The fourth-order valence-corrected chi connectivity index (χ4v) is 6.30. The monoisotopic (exact) mass is 507 g/mol. The molecule has 0 bridgehead atoms. The average Bonchev–Trinajstić information content (AvgIpc) is 3.43. The first-order valence-corrected chi connectivity index (χ1v) is 13.3. The van der Waals surface area contributed by atoms with Crippen LogP contribution in [0, 0.1) is 11.8 Å². The number of benzene rings is 1. The number of rotatable bonds is 5. The first-order chi connectivity index (χ1) is 16.8. The maximum absolute atomic E-state index is 6.93. The van der Waals surface area contributed by atoms with E-state index >= 15 is 0 Å². The van der Waals surface area contributed by atoms with E-state index in [0.717, 1.165) is 35.2 Å². The zero-order valence-electron chi connectivity index (χ0n) is 20.9. The van der Waals surface area contributed by atoms with Gasteiger partial charge in [0, 0.05) is 43.4 Å². The average molecular weight is 508 g/mol. The minimum Gasteiger partial charge on any atom is -0.370 e. The highest BCUT2D eigenvalue weighted by molar-refractivity contribution is 7.80. The fourth-order valence-electron chi connectivity index (χ4n) is 5.66. The number of hydrogen-bond donors (Lipinski definition) is 1. The molecule has 0 amide bonds. The Morgan fingerprint density at radius 3 is 2.49 bits per heavy atom. The zero-order valence-corrected chi connectivity index (χ0v) is 22.4. The smallest absolute Gasteiger partial charge is 0.174 e. The second-order valence-electron chi connectivity index (χ2n) is 10.5. The van der Waals surface area contributed by atoms with Crippen LogP contribution in [0.1, 0.15) is 63.5 Å². The normalized spacial score (nSPS) is 24.8. The molecule has 184 valence electrons. The van der Waals surface area contributed by atoms with Gasteiger partial charge in [0.2, 0.25) is 0 Å². The van der Waals surface area contributed by atoms with Gasteiger partial charge < -0.3 is 19.7 Å². The zero-order chi connectivity index (χ0) is 24.7. The molecule has 35 heavy (non-hydrogen) atoms. The van der Waals surface area contributed by atoms with Gasteiger partial charge in [0.25, 0.3) is 0 Å². The second-order valence-corrected chi connectivity index (χ2v) is 11.3. The number of pyridine rings is 1. The Balaban J connectivity index is 1.52. The Morgan fingerprint density at radius 1 is 1.09 bits per heavy atom. The van der Waals surface area contributed by atoms with E-state index in [1.54, 1.807) is 0 Å². The summed E-state index contributed by atoms with van der Waals surface area (Å²) in [7, 11) is 0. The van der Waals surface area contributed by atoms with Crippen LogP contribution in [0.25, 0.3) is 0 Å². The predicted octanol–water partition coefficient (Wildman–Crippen LogP) is 6.78. The molecule has 0 aliphatic carbocycles. The van der Waals surface area contributed by atoms with Gasteiger partial charge in [-0.1, -0.05) is 31.5 Å². The summed E-state index contributed by atoms with van der Waals surface area (Å²) in [6.07, 6.45) is 7.47. The number of anilines is 2. The molecule has 5 nitrogen and oxygen atoms in total. The molecule has 2 aliphatic heterocycles. The van der Waals surface area contributed by atoms with Gasteiger partial charge in [-0.25, -0.2) is 0 Å². The van der Waals surface area contributed by atoms with E-state index in [1.165, 1.54) is 12.0 Å². The van der Waals surface area contributed by atoms with Crippen molar-refractivity contribution in [1.82, 2.24) is 14.9 Å². The second kappa shape index (κ2) is 9.82. The molecule has 7 heteroatoms. The van der Waals surface area contributed by atoms with Crippen LogP contribution < -0.4 is 15.1 Å². The number of nitrogens with zero attached hydrogens (tertiary/aromatic N) is 4. The largest absolute Gasteiger partial charge is 0.370 e. The summed E-state index contributed by atoms with van der Waals surface area (Å²) < 4.78 is 2.24. The molecule has 0 spiro atoms. The lowest BCUT2D eigenvalue weighted by molar-refractivity contribution is 0.357. The van der Waals surface area contributed by atoms with E-state index < -0.39 is 0 Å². The Hall–Kier alpha value is -2.57. The van der Waals surface area contributed by atoms with E-state index in [1.807, 2.05) is 18.3 Å². The first-order valence-electron chi connectivity index (χ1n) is 12.5. The summed E-state index contributed by atoms with van der Waals surface area (Å²) in [5, 5.41) is 5.00. The summed E-state index contributed by atoms with van der Waals surface area (Å²) >= 11 is 12.8. The number of halogens is 1. The minimum atomic E-state index is -0.0612. The molecule has 4 atom stereocenters. The van der Waals surface area contributed by atoms with Gasteiger partial charge in [0.05, 0.1) is 28.5 Å². The lowest BCUT2D eigenvalue weighted by Crippen LogP contribution is -2.38. The molecule has 3 aromatic rings. The van der Waals surface area contributed by atoms with Crippen LogP contribution in [0.5, 0.6) is 0 Å². The lowest BCUT2D eigenvalue weighted by atomic mass is 9.91. The van der Waals surface area contributed by atoms with Crippen LogP contribution in [0.3, 0.4) is 0 Å². The molecule has 2 aromatic heterocycles. The Morgan fingerprint density at radius 2 is 1.86 bits per heavy atom. The highest BCUT2D eigenvalue weighted by Gasteiger charge is 2.41. The maximum Gasteiger partial charge on any atom is 0.174 e. The number of thiocarbonyl (C=S) groups is 1. The summed E-state index contributed by atoms with van der Waals surface area (Å²) in [5.41, 5.74) is 4.27. The molecule has 2 aliphatic rings. The first kappa shape index (κ1) is 24.1. The highest BCUT2D eigenvalue weighted by Crippen LogP contribution is 2.43. The predicted molar refractivity (Wildman–Crippen MR) is 149 cm³/mol. The van der Waals surface area contributed by atoms with Crippen molar-refractivity contribution in [3.05, 3.63) is 77.3 Å². The Labute approximate surface area is 219 Å². The number of nitrogens with one attached hydrogen (secondary N) is 1. The molecule has 2 saturated heterocycles. The molecule has 0 saturated carbocycles. The van der Waals surface area contributed by atoms with Crippen LogP contribution >= 0.6 is 23.8 Å². The van der Waals surface area contributed by atoms with Crippen molar-refractivity contribution in [2.45, 2.75) is 52.2 Å². The molecule has 1 aromatic carbocycles. The molecule has 0 radical (unpaired) electrons. The Bertz CT molecular complexity index is 1180. The molecule has 4 heterocycles. The molecule has 4 unspecified atom stereocenters. The topological polar surface area (TPSA) is 36.3 Å². The molecule has 1 N–H and O–H groups in total. The van der Waals surface area contributed by atoms with E-state index in [-0.39, 0.29) is 12.1 Å². The van der Waals surface area contributed by atoms with Crippen LogP contribution in [-0.4, -0.2) is 27.8 Å². The summed E-state index contributed by atoms with van der Waals surface area (Å²) in [5.74, 6) is 1.33. The van der Waals surface area contributed by atoms with Crippen LogP contribution in [-0.2, 0) is 0 Å². The van der Waals surface area contributed by atoms with Crippen LogP contribution in [0.2, 0.25) is 5.02 Å². The lowest BCUT2D eigenvalue weighted by Gasteiger charge is -2.37. The van der Waals surface area contributed by atoms with Crippen molar-refractivity contribution in [3.8, 4) is 0 Å². The van der Waals surface area contributed by atoms with Crippen molar-refractivity contribution in [1.29, 1.82) is 0 Å². The van der Waals surface area contributed by atoms with E-state index in [0.29, 0.717) is 23.0 Å². The summed E-state index contributed by atoms with van der Waals surface area (Å²) in [4.78, 5) is 9.29. The van der Waals surface area contributed by atoms with Gasteiger partial charge in [-0.2, -0.15) is 0 Å². The van der Waals surface area contributed by atoms with Crippen LogP contribution in [0.4, 0.5) is 11.4 Å². The quantitative estimate of drug-likeness (QED) is 0.385. The number of hydrogen-bond acceptors (Lipinski definition) is 3. The Kier molecular flexibility index (Phi) is 6.78. The number of aromatic nitrogens is 2. The molecule has 2 fully saturated rings. The van der Waals surface area contributed by atoms with Crippen molar-refractivity contribution >= 4 is 40.3 Å². The third-order valence-corrected chi connectivity index (χ3v) is 7.81. The number of piperidine rings is 1. The van der Waals surface area contributed by atoms with Crippen LogP contribution in [0.15, 0.2) is 61.1 Å². The van der Waals surface area contributed by atoms with Gasteiger partial charge in [-0.3, -0.25) is 4.98 Å². The summed E-state index contributed by atoms with van der Waals surface area (Å²) in [6.45, 7) is 11.1. The third kappa shape index (κ3) is 4.78.